The summed E-state index contributed by atoms with van der Waals surface area (Å²) in [6.45, 7) is 8.71. The zero-order valence-electron chi connectivity index (χ0n) is 15.0. The molecule has 25 heavy (non-hydrogen) atoms. The lowest BCUT2D eigenvalue weighted by Gasteiger charge is -2.30. The fourth-order valence-corrected chi connectivity index (χ4v) is 4.73. The van der Waals surface area contributed by atoms with Crippen molar-refractivity contribution in [2.75, 3.05) is 18.8 Å². The third kappa shape index (κ3) is 4.26. The van der Waals surface area contributed by atoms with Gasteiger partial charge in [0, 0.05) is 19.6 Å². The first-order chi connectivity index (χ1) is 12.0. The smallest absolute Gasteiger partial charge is 0.272 e. The van der Waals surface area contributed by atoms with E-state index in [1.165, 1.54) is 23.1 Å². The maximum atomic E-state index is 12.8. The zero-order valence-corrected chi connectivity index (χ0v) is 16.7. The first-order valence-electron chi connectivity index (χ1n) is 8.84. The molecule has 2 aromatic heterocycles. The lowest BCUT2D eigenvalue weighted by molar-refractivity contribution is -0.129. The van der Waals surface area contributed by atoms with Crippen LogP contribution in [0.15, 0.2) is 21.4 Å². The van der Waals surface area contributed by atoms with E-state index < -0.39 is 0 Å². The molecule has 1 amide bonds. The van der Waals surface area contributed by atoms with E-state index in [1.807, 2.05) is 16.3 Å². The highest BCUT2D eigenvalue weighted by Gasteiger charge is 2.21. The summed E-state index contributed by atoms with van der Waals surface area (Å²) >= 11 is 2.82. The monoisotopic (exact) mass is 379 g/mol. The number of piperidine rings is 1. The van der Waals surface area contributed by atoms with Gasteiger partial charge >= 0.3 is 0 Å². The molecule has 0 bridgehead atoms. The average Bonchev–Trinajstić information content (AvgIpc) is 3.04. The number of thiophene rings is 1. The molecule has 7 heteroatoms. The van der Waals surface area contributed by atoms with Crippen molar-refractivity contribution < 1.29 is 4.79 Å². The molecule has 5 nitrogen and oxygen atoms in total. The van der Waals surface area contributed by atoms with Gasteiger partial charge in [0.25, 0.3) is 5.56 Å². The first-order valence-corrected chi connectivity index (χ1v) is 10.7. The quantitative estimate of drug-likeness (QED) is 0.590. The lowest BCUT2D eigenvalue weighted by Crippen LogP contribution is -2.39. The first kappa shape index (κ1) is 18.5. The van der Waals surface area contributed by atoms with E-state index in [0.29, 0.717) is 34.0 Å². The molecule has 3 heterocycles. The summed E-state index contributed by atoms with van der Waals surface area (Å²) in [6.07, 6.45) is 2.15. The molecular weight excluding hydrogens is 354 g/mol. The average molecular weight is 380 g/mol. The normalized spacial score (nSPS) is 16.1. The van der Waals surface area contributed by atoms with E-state index in [1.54, 1.807) is 4.57 Å². The Balaban J connectivity index is 1.78. The fraction of sp³-hybridized carbons (Fsp3) is 0.611. The van der Waals surface area contributed by atoms with Crippen LogP contribution in [0.1, 0.15) is 33.6 Å². The van der Waals surface area contributed by atoms with E-state index in [-0.39, 0.29) is 11.5 Å². The number of likely N-dealkylation sites (tertiary alicyclic amines) is 1. The second-order valence-electron chi connectivity index (χ2n) is 7.19. The standard InChI is InChI=1S/C18H25N3O2S2/c1-12(2)10-21-17(23)16-14(6-9-24-16)19-18(21)25-11-15(22)20-7-4-13(3)5-8-20/h6,9,12-13H,4-5,7-8,10-11H2,1-3H3. The molecule has 0 N–H and O–H groups in total. The Morgan fingerprint density at radius 2 is 2.12 bits per heavy atom. The number of fused-ring (bicyclic) bond motifs is 1. The van der Waals surface area contributed by atoms with Crippen molar-refractivity contribution >= 4 is 39.2 Å². The summed E-state index contributed by atoms with van der Waals surface area (Å²) in [5, 5.41) is 2.55. The second-order valence-corrected chi connectivity index (χ2v) is 9.05. The Bertz CT molecular complexity index is 804. The Kier molecular flexibility index (Phi) is 5.84. The third-order valence-electron chi connectivity index (χ3n) is 4.54. The van der Waals surface area contributed by atoms with Gasteiger partial charge in [-0.25, -0.2) is 4.98 Å². The largest absolute Gasteiger partial charge is 0.342 e. The molecule has 0 atom stereocenters. The predicted octanol–water partition coefficient (Wildman–Crippen LogP) is 3.46. The summed E-state index contributed by atoms with van der Waals surface area (Å²) in [5.41, 5.74) is 0.743. The van der Waals surface area contributed by atoms with Crippen LogP contribution in [0, 0.1) is 11.8 Å². The van der Waals surface area contributed by atoms with Crippen LogP contribution in [-0.2, 0) is 11.3 Å². The summed E-state index contributed by atoms with van der Waals surface area (Å²) in [6, 6.07) is 1.87. The van der Waals surface area contributed by atoms with Crippen LogP contribution < -0.4 is 5.56 Å². The molecule has 0 aliphatic carbocycles. The van der Waals surface area contributed by atoms with Crippen LogP contribution in [0.4, 0.5) is 0 Å². The van der Waals surface area contributed by atoms with E-state index in [0.717, 1.165) is 31.4 Å². The number of aromatic nitrogens is 2. The minimum atomic E-state index is 0.00967. The zero-order chi connectivity index (χ0) is 18.0. The lowest BCUT2D eigenvalue weighted by atomic mass is 9.99. The van der Waals surface area contributed by atoms with Crippen LogP contribution >= 0.6 is 23.1 Å². The van der Waals surface area contributed by atoms with Crippen molar-refractivity contribution in [2.45, 2.75) is 45.3 Å². The van der Waals surface area contributed by atoms with Crippen molar-refractivity contribution in [1.82, 2.24) is 14.5 Å². The number of hydrogen-bond acceptors (Lipinski definition) is 5. The molecule has 1 fully saturated rings. The molecule has 0 saturated carbocycles. The van der Waals surface area contributed by atoms with Gasteiger partial charge in [-0.3, -0.25) is 14.2 Å². The second kappa shape index (κ2) is 7.91. The molecule has 0 unspecified atom stereocenters. The minimum absolute atomic E-state index is 0.00967. The Hall–Kier alpha value is -1.34. The SMILES string of the molecule is CC(C)Cn1c(SCC(=O)N2CCC(C)CC2)nc2ccsc2c1=O. The van der Waals surface area contributed by atoms with Gasteiger partial charge in [0.1, 0.15) is 4.70 Å². The topological polar surface area (TPSA) is 55.2 Å². The molecule has 3 rings (SSSR count). The Morgan fingerprint density at radius 3 is 2.80 bits per heavy atom. The van der Waals surface area contributed by atoms with E-state index >= 15 is 0 Å². The summed E-state index contributed by atoms with van der Waals surface area (Å²) in [4.78, 5) is 31.8. The molecule has 1 saturated heterocycles. The molecule has 0 radical (unpaired) electrons. The highest BCUT2D eigenvalue weighted by molar-refractivity contribution is 7.99. The Labute approximate surface area is 156 Å². The van der Waals surface area contributed by atoms with E-state index in [2.05, 4.69) is 25.8 Å². The third-order valence-corrected chi connectivity index (χ3v) is 6.39. The number of hydrogen-bond donors (Lipinski definition) is 0. The number of carbonyl (C=O) groups is 1. The molecule has 0 spiro atoms. The maximum Gasteiger partial charge on any atom is 0.272 e. The maximum absolute atomic E-state index is 12.8. The molecule has 136 valence electrons. The minimum Gasteiger partial charge on any atom is -0.342 e. The molecule has 1 aliphatic heterocycles. The molecular formula is C18H25N3O2S2. The van der Waals surface area contributed by atoms with Gasteiger partial charge in [0.05, 0.1) is 11.3 Å². The van der Waals surface area contributed by atoms with Crippen molar-refractivity contribution in [1.29, 1.82) is 0 Å². The summed E-state index contributed by atoms with van der Waals surface area (Å²) in [5.74, 6) is 1.54. The van der Waals surface area contributed by atoms with Crippen LogP contribution in [0.3, 0.4) is 0 Å². The van der Waals surface area contributed by atoms with Crippen LogP contribution in [0.25, 0.3) is 10.2 Å². The van der Waals surface area contributed by atoms with Crippen molar-refractivity contribution in [2.24, 2.45) is 11.8 Å². The van der Waals surface area contributed by atoms with Crippen LogP contribution in [0.2, 0.25) is 0 Å². The van der Waals surface area contributed by atoms with Crippen molar-refractivity contribution in [3.8, 4) is 0 Å². The number of thioether (sulfide) groups is 1. The highest BCUT2D eigenvalue weighted by Crippen LogP contribution is 2.23. The van der Waals surface area contributed by atoms with Gasteiger partial charge in [-0.05, 0) is 36.1 Å². The van der Waals surface area contributed by atoms with E-state index in [9.17, 15) is 9.59 Å². The number of carbonyl (C=O) groups excluding carboxylic acids is 1. The van der Waals surface area contributed by atoms with Crippen LogP contribution in [0.5, 0.6) is 0 Å². The summed E-state index contributed by atoms with van der Waals surface area (Å²) < 4.78 is 2.43. The molecule has 0 aromatic carbocycles. The van der Waals surface area contributed by atoms with E-state index in [4.69, 9.17) is 0 Å². The summed E-state index contributed by atoms with van der Waals surface area (Å²) in [7, 11) is 0. The van der Waals surface area contributed by atoms with Gasteiger partial charge in [-0.15, -0.1) is 11.3 Å². The van der Waals surface area contributed by atoms with Gasteiger partial charge in [0.2, 0.25) is 5.91 Å². The van der Waals surface area contributed by atoms with Gasteiger partial charge in [-0.2, -0.15) is 0 Å². The molecule has 2 aromatic rings. The highest BCUT2D eigenvalue weighted by atomic mass is 32.2. The predicted molar refractivity (Wildman–Crippen MR) is 104 cm³/mol. The number of rotatable bonds is 5. The Morgan fingerprint density at radius 1 is 1.40 bits per heavy atom. The fourth-order valence-electron chi connectivity index (χ4n) is 3.04. The van der Waals surface area contributed by atoms with Gasteiger partial charge < -0.3 is 4.90 Å². The number of nitrogens with zero attached hydrogens (tertiary/aromatic N) is 3. The van der Waals surface area contributed by atoms with Gasteiger partial charge in [0.15, 0.2) is 5.16 Å². The van der Waals surface area contributed by atoms with Gasteiger partial charge in [-0.1, -0.05) is 32.5 Å². The molecule has 1 aliphatic rings. The van der Waals surface area contributed by atoms with Crippen LogP contribution in [-0.4, -0.2) is 39.2 Å². The van der Waals surface area contributed by atoms with Crippen molar-refractivity contribution in [3.05, 3.63) is 21.8 Å². The van der Waals surface area contributed by atoms with Crippen molar-refractivity contribution in [3.63, 3.8) is 0 Å². The number of amides is 1.